The van der Waals surface area contributed by atoms with Crippen LogP contribution >= 0.6 is 7.82 Å². The Labute approximate surface area is 113 Å². The molecule has 0 spiro atoms. The van der Waals surface area contributed by atoms with Crippen molar-refractivity contribution in [1.29, 1.82) is 0 Å². The molecule has 0 aliphatic rings. The molecule has 0 unspecified atom stereocenters. The SMILES string of the molecule is O=P([O-])([O-])[O-].[Gd+3].[H-].[H-].[Sr+2]. The first-order valence-corrected chi connectivity index (χ1v) is 2.19. The van der Waals surface area contributed by atoms with Crippen LogP contribution in [0.1, 0.15) is 2.85 Å². The molecular weight excluding hydrogens is 340 g/mol. The van der Waals surface area contributed by atoms with Crippen molar-refractivity contribution in [3.05, 3.63) is 0 Å². The summed E-state index contributed by atoms with van der Waals surface area (Å²) in [6.07, 6.45) is 0. The fraction of sp³-hybridized carbons (Fsp3) is 0. The van der Waals surface area contributed by atoms with E-state index in [1.54, 1.807) is 0 Å². The summed E-state index contributed by atoms with van der Waals surface area (Å²) >= 11 is 0. The molecule has 0 rings (SSSR count). The third-order valence-corrected chi connectivity index (χ3v) is 0. The van der Waals surface area contributed by atoms with E-state index in [0.717, 1.165) is 0 Å². The molecule has 41 valence electrons. The average molecular weight is 342 g/mol. The number of hydrogen-bond acceptors (Lipinski definition) is 4. The summed E-state index contributed by atoms with van der Waals surface area (Å²) in [5.74, 6) is 0. The van der Waals surface area contributed by atoms with Crippen molar-refractivity contribution in [2.45, 2.75) is 0 Å². The van der Waals surface area contributed by atoms with Gasteiger partial charge in [-0.3, -0.25) is 0 Å². The average Bonchev–Trinajstić information content (AvgIpc) is 0.722. The van der Waals surface area contributed by atoms with Gasteiger partial charge in [-0.1, -0.05) is 0 Å². The summed E-state index contributed by atoms with van der Waals surface area (Å²) in [5, 5.41) is 0. The van der Waals surface area contributed by atoms with E-state index in [4.69, 9.17) is 19.2 Å². The van der Waals surface area contributed by atoms with Gasteiger partial charge >= 0.3 is 85.4 Å². The van der Waals surface area contributed by atoms with E-state index in [2.05, 4.69) is 0 Å². The van der Waals surface area contributed by atoms with Gasteiger partial charge in [-0.2, -0.15) is 7.82 Å². The van der Waals surface area contributed by atoms with E-state index in [1.165, 1.54) is 0 Å². The summed E-state index contributed by atoms with van der Waals surface area (Å²) in [7, 11) is -5.39. The normalized spacial score (nSPS) is 8.43. The van der Waals surface area contributed by atoms with Gasteiger partial charge in [0.1, 0.15) is 0 Å². The fourth-order valence-corrected chi connectivity index (χ4v) is 0. The Morgan fingerprint density at radius 3 is 1.29 bits per heavy atom. The van der Waals surface area contributed by atoms with E-state index in [0.29, 0.717) is 0 Å². The van der Waals surface area contributed by atoms with Crippen LogP contribution in [-0.4, -0.2) is 45.5 Å². The molecule has 0 aromatic heterocycles. The summed E-state index contributed by atoms with van der Waals surface area (Å²) in [6.45, 7) is 0. The first-order chi connectivity index (χ1) is 2.00. The summed E-state index contributed by atoms with van der Waals surface area (Å²) in [6, 6.07) is 0. The zero-order chi connectivity index (χ0) is 4.50. The molecule has 0 aliphatic heterocycles. The molecule has 0 saturated carbocycles. The molecule has 7 heavy (non-hydrogen) atoms. The van der Waals surface area contributed by atoms with Crippen LogP contribution in [0.15, 0.2) is 0 Å². The van der Waals surface area contributed by atoms with E-state index < -0.39 is 7.82 Å². The first-order valence-electron chi connectivity index (χ1n) is 0.730. The van der Waals surface area contributed by atoms with Crippen molar-refractivity contribution in [2.75, 3.05) is 0 Å². The number of rotatable bonds is 0. The first kappa shape index (κ1) is 16.5. The monoisotopic (exact) mass is 343 g/mol. The molecule has 0 N–H and O–H groups in total. The predicted octanol–water partition coefficient (Wildman–Crippen LogP) is -2.98. The Morgan fingerprint density at radius 1 is 1.29 bits per heavy atom. The van der Waals surface area contributed by atoms with Crippen molar-refractivity contribution in [1.82, 2.24) is 0 Å². The van der Waals surface area contributed by atoms with E-state index in [-0.39, 0.29) is 88.3 Å². The summed E-state index contributed by atoms with van der Waals surface area (Å²) in [5.41, 5.74) is 0. The van der Waals surface area contributed by atoms with E-state index in [1.807, 2.05) is 0 Å². The molecular formula is H2GdO4PSr. The topological polar surface area (TPSA) is 86.2 Å². The van der Waals surface area contributed by atoms with Crippen molar-refractivity contribution in [3.63, 3.8) is 0 Å². The van der Waals surface area contributed by atoms with Gasteiger partial charge in [0.15, 0.2) is 0 Å². The van der Waals surface area contributed by atoms with Gasteiger partial charge in [-0.05, 0) is 0 Å². The Hall–Kier alpha value is 2.92. The van der Waals surface area contributed by atoms with Gasteiger partial charge in [0.2, 0.25) is 0 Å². The standard InChI is InChI=1S/Gd.H3O4P.Sr.2H/c;1-5(2,3)4;;;/h;(H3,1,2,3,4);;;/q+3;;+2;2*-1/p-3. The van der Waals surface area contributed by atoms with Crippen molar-refractivity contribution < 1.29 is 62.0 Å². The minimum absolute atomic E-state index is 0. The molecule has 1 radical (unpaired) electrons. The molecule has 0 saturated heterocycles. The van der Waals surface area contributed by atoms with Gasteiger partial charge in [-0.25, -0.2) is 0 Å². The summed E-state index contributed by atoms with van der Waals surface area (Å²) in [4.78, 5) is 25.6. The van der Waals surface area contributed by atoms with E-state index in [9.17, 15) is 0 Å². The number of phosphoric acid groups is 1. The second-order valence-electron chi connectivity index (χ2n) is 0.447. The van der Waals surface area contributed by atoms with Crippen LogP contribution in [0.25, 0.3) is 0 Å². The van der Waals surface area contributed by atoms with Gasteiger partial charge < -0.3 is 22.1 Å². The smallest absolute Gasteiger partial charge is 1.00 e. The van der Waals surface area contributed by atoms with Crippen molar-refractivity contribution in [2.24, 2.45) is 0 Å². The molecule has 0 atom stereocenters. The van der Waals surface area contributed by atoms with Crippen LogP contribution in [0.2, 0.25) is 0 Å². The molecule has 0 amide bonds. The van der Waals surface area contributed by atoms with Crippen LogP contribution in [0, 0.1) is 39.9 Å². The molecule has 0 bridgehead atoms. The van der Waals surface area contributed by atoms with Crippen LogP contribution < -0.4 is 14.7 Å². The minimum atomic E-state index is -5.39. The number of hydrogen-bond donors (Lipinski definition) is 0. The maximum Gasteiger partial charge on any atom is 3.00 e. The van der Waals surface area contributed by atoms with Gasteiger partial charge in [-0.15, -0.1) is 0 Å². The molecule has 0 aromatic rings. The Kier molecular flexibility index (Phi) is 16.5. The minimum Gasteiger partial charge on any atom is -1.00 e. The fourth-order valence-electron chi connectivity index (χ4n) is 0. The van der Waals surface area contributed by atoms with Crippen molar-refractivity contribution in [3.8, 4) is 0 Å². The van der Waals surface area contributed by atoms with Gasteiger partial charge in [0, 0.05) is 0 Å². The quantitative estimate of drug-likeness (QED) is 0.347. The maximum atomic E-state index is 8.55. The van der Waals surface area contributed by atoms with Crippen LogP contribution in [0.5, 0.6) is 0 Å². The Morgan fingerprint density at radius 2 is 1.29 bits per heavy atom. The van der Waals surface area contributed by atoms with E-state index >= 15 is 0 Å². The Balaban J connectivity index is -0.0000000133. The van der Waals surface area contributed by atoms with Crippen molar-refractivity contribution >= 4 is 53.3 Å². The second kappa shape index (κ2) is 7.03. The largest absolute Gasteiger partial charge is 3.00 e. The zero-order valence-corrected chi connectivity index (χ0v) is 9.78. The Bertz CT molecular complexity index is 64.7. The zero-order valence-electron chi connectivity index (χ0n) is 5.14. The molecule has 7 heteroatoms. The molecule has 0 aliphatic carbocycles. The maximum absolute atomic E-state index is 8.55. The van der Waals surface area contributed by atoms with Crippen LogP contribution in [0.4, 0.5) is 0 Å². The molecule has 4 nitrogen and oxygen atoms in total. The van der Waals surface area contributed by atoms with Gasteiger partial charge in [0.05, 0.1) is 0 Å². The van der Waals surface area contributed by atoms with Crippen LogP contribution in [0.3, 0.4) is 0 Å². The molecule has 0 aromatic carbocycles. The second-order valence-corrected chi connectivity index (χ2v) is 1.34. The third kappa shape index (κ3) is 50.2. The predicted molar refractivity (Wildman–Crippen MR) is 15.6 cm³/mol. The molecule has 0 heterocycles. The third-order valence-electron chi connectivity index (χ3n) is 0. The molecule has 0 fully saturated rings. The van der Waals surface area contributed by atoms with Crippen LogP contribution in [-0.2, 0) is 4.57 Å². The summed E-state index contributed by atoms with van der Waals surface area (Å²) < 4.78 is 8.55. The van der Waals surface area contributed by atoms with Gasteiger partial charge in [0.25, 0.3) is 0 Å².